The Bertz CT molecular complexity index is 404. The molecule has 0 aliphatic carbocycles. The van der Waals surface area contributed by atoms with E-state index in [1.54, 1.807) is 0 Å². The van der Waals surface area contributed by atoms with Crippen LogP contribution in [-0.4, -0.2) is 122 Å². The molecular weight excluding hydrogens is 416 g/mol. The molecule has 1 amide bonds. The number of carbonyl (C=O) groups is 2. The highest BCUT2D eigenvalue weighted by atomic mass is 16.5. The fraction of sp³-hybridized carbons (Fsp3) is 0.895. The number of unbranched alkanes of at least 4 members (excludes halogenated alkanes) is 2. The third-order valence-electron chi connectivity index (χ3n) is 4.28. The number of carboxylic acid groups (broad SMARTS) is 1. The summed E-state index contributed by atoms with van der Waals surface area (Å²) < 4.78 is 10.5. The van der Waals surface area contributed by atoms with Crippen LogP contribution in [0.4, 0.5) is 0 Å². The van der Waals surface area contributed by atoms with E-state index >= 15 is 0 Å². The highest BCUT2D eigenvalue weighted by Crippen LogP contribution is 2.19. The Balaban J connectivity index is 0. The molecule has 12 heteroatoms. The van der Waals surface area contributed by atoms with E-state index in [0.717, 1.165) is 25.8 Å². The first kappa shape index (κ1) is 31.8. The summed E-state index contributed by atoms with van der Waals surface area (Å²) >= 11 is 0. The minimum absolute atomic E-state index is 0.0279. The molecule has 0 saturated heterocycles. The number of aliphatic hydroxyl groups excluding tert-OH is 5. The van der Waals surface area contributed by atoms with E-state index in [0.29, 0.717) is 12.8 Å². The molecule has 0 unspecified atom stereocenters. The largest absolute Gasteiger partial charge is 0.481 e. The van der Waals surface area contributed by atoms with Gasteiger partial charge in [0, 0.05) is 13.0 Å². The minimum atomic E-state index is -1.02. The van der Waals surface area contributed by atoms with Gasteiger partial charge in [-0.1, -0.05) is 6.42 Å². The molecule has 186 valence electrons. The zero-order chi connectivity index (χ0) is 24.0. The molecule has 0 aliphatic rings. The van der Waals surface area contributed by atoms with Gasteiger partial charge in [-0.3, -0.25) is 9.59 Å². The molecule has 0 heterocycles. The summed E-state index contributed by atoms with van der Waals surface area (Å²) in [5.41, 5.74) is -1.02. The van der Waals surface area contributed by atoms with Gasteiger partial charge >= 0.3 is 5.97 Å². The molecule has 0 aromatic carbocycles. The van der Waals surface area contributed by atoms with E-state index in [9.17, 15) is 14.7 Å². The quantitative estimate of drug-likeness (QED) is 0.0700. The molecule has 31 heavy (non-hydrogen) atoms. The summed E-state index contributed by atoms with van der Waals surface area (Å²) in [6, 6.07) is 0. The van der Waals surface area contributed by atoms with Crippen molar-refractivity contribution < 1.29 is 49.7 Å². The third kappa shape index (κ3) is 17.9. The molecule has 0 fully saturated rings. The van der Waals surface area contributed by atoms with Gasteiger partial charge in [-0.15, -0.1) is 0 Å². The molecule has 0 aromatic rings. The molecule has 8 N–H and O–H groups in total. The number of amides is 1. The Morgan fingerprint density at radius 3 is 1.81 bits per heavy atom. The molecule has 0 atom stereocenters. The number of carboxylic acids is 1. The molecule has 0 rings (SSSR count). The zero-order valence-electron chi connectivity index (χ0n) is 18.2. The van der Waals surface area contributed by atoms with Gasteiger partial charge in [-0.25, -0.2) is 0 Å². The highest BCUT2D eigenvalue weighted by Gasteiger charge is 2.32. The van der Waals surface area contributed by atoms with Crippen LogP contribution in [0.25, 0.3) is 0 Å². The fourth-order valence-corrected chi connectivity index (χ4v) is 2.22. The summed E-state index contributed by atoms with van der Waals surface area (Å²) in [5, 5.41) is 59.0. The minimum Gasteiger partial charge on any atom is -0.481 e. The third-order valence-corrected chi connectivity index (χ3v) is 4.28. The second-order valence-electron chi connectivity index (χ2n) is 7.06. The van der Waals surface area contributed by atoms with E-state index in [4.69, 9.17) is 35.0 Å². The molecule has 0 saturated carbocycles. The van der Waals surface area contributed by atoms with E-state index in [1.165, 1.54) is 0 Å². The molecular formula is C19H40N2O10. The Hall–Kier alpha value is -1.38. The number of ether oxygens (including phenoxy) is 2. The molecule has 0 aliphatic heterocycles. The maximum Gasteiger partial charge on any atom is 0.303 e. The van der Waals surface area contributed by atoms with Crippen molar-refractivity contribution in [3.05, 3.63) is 0 Å². The second kappa shape index (κ2) is 21.8. The predicted molar refractivity (Wildman–Crippen MR) is 111 cm³/mol. The van der Waals surface area contributed by atoms with E-state index in [1.807, 2.05) is 7.05 Å². The second-order valence-corrected chi connectivity index (χ2v) is 7.06. The Kier molecular flexibility index (Phi) is 22.4. The summed E-state index contributed by atoms with van der Waals surface area (Å²) in [7, 11) is 1.90. The van der Waals surface area contributed by atoms with Crippen molar-refractivity contribution >= 4 is 12.4 Å². The maximum absolute atomic E-state index is 10.4. The smallest absolute Gasteiger partial charge is 0.303 e. The van der Waals surface area contributed by atoms with E-state index < -0.39 is 56.6 Å². The van der Waals surface area contributed by atoms with Crippen LogP contribution in [-0.2, 0) is 19.1 Å². The number of carbonyl (C=O) groups excluding carboxylic acids is 1. The van der Waals surface area contributed by atoms with Crippen LogP contribution in [0.1, 0.15) is 25.7 Å². The molecule has 0 aromatic heterocycles. The SMILES string of the molecule is CNCCCCCC(=O)O.O=CNCC(CO)(COC(CO)CO)COC(CO)CO. The Morgan fingerprint density at radius 1 is 0.935 bits per heavy atom. The van der Waals surface area contributed by atoms with Crippen molar-refractivity contribution in [1.29, 1.82) is 0 Å². The average Bonchev–Trinajstić information content (AvgIpc) is 2.78. The topological polar surface area (TPSA) is 198 Å². The normalized spacial score (nSPS) is 11.4. The fourth-order valence-electron chi connectivity index (χ4n) is 2.22. The van der Waals surface area contributed by atoms with E-state index in [2.05, 4.69) is 10.6 Å². The maximum atomic E-state index is 10.4. The first-order valence-electron chi connectivity index (χ1n) is 10.2. The van der Waals surface area contributed by atoms with Gasteiger partial charge in [-0.2, -0.15) is 0 Å². The van der Waals surface area contributed by atoms with Crippen LogP contribution in [0.2, 0.25) is 0 Å². The van der Waals surface area contributed by atoms with Crippen LogP contribution in [0, 0.1) is 5.41 Å². The van der Waals surface area contributed by atoms with Crippen LogP contribution < -0.4 is 10.6 Å². The number of hydrogen-bond acceptors (Lipinski definition) is 10. The summed E-state index contributed by atoms with van der Waals surface area (Å²) in [5.74, 6) is -0.690. The predicted octanol–water partition coefficient (Wildman–Crippen LogP) is -2.70. The molecule has 12 nitrogen and oxygen atoms in total. The first-order valence-corrected chi connectivity index (χ1v) is 10.2. The highest BCUT2D eigenvalue weighted by molar-refractivity contribution is 5.66. The van der Waals surface area contributed by atoms with Crippen molar-refractivity contribution in [2.24, 2.45) is 5.41 Å². The van der Waals surface area contributed by atoms with Gasteiger partial charge in [0.15, 0.2) is 0 Å². The van der Waals surface area contributed by atoms with Gasteiger partial charge < -0.3 is 50.7 Å². The lowest BCUT2D eigenvalue weighted by Crippen LogP contribution is -2.47. The van der Waals surface area contributed by atoms with Crippen molar-refractivity contribution in [2.75, 3.05) is 66.4 Å². The number of aliphatic hydroxyl groups is 5. The average molecular weight is 457 g/mol. The number of aliphatic carboxylic acids is 1. The molecule has 0 bridgehead atoms. The van der Waals surface area contributed by atoms with Gasteiger partial charge in [0.2, 0.25) is 6.41 Å². The van der Waals surface area contributed by atoms with Crippen LogP contribution in [0.3, 0.4) is 0 Å². The summed E-state index contributed by atoms with van der Waals surface area (Å²) in [6.45, 7) is -1.16. The first-order chi connectivity index (χ1) is 14.9. The van der Waals surface area contributed by atoms with Crippen LogP contribution >= 0.6 is 0 Å². The standard InChI is InChI=1S/C12H25NO8.C7H15NO2/c14-1-10(2-15)20-7-12(6-18,5-13-9-19)8-21-11(3-16)4-17;1-8-6-4-2-3-5-7(9)10/h9-11,14-18H,1-8H2,(H,13,19);8H,2-6H2,1H3,(H,9,10). The molecule has 0 spiro atoms. The number of hydrogen-bond donors (Lipinski definition) is 8. The van der Waals surface area contributed by atoms with Crippen LogP contribution in [0.15, 0.2) is 0 Å². The summed E-state index contributed by atoms with van der Waals surface area (Å²) in [4.78, 5) is 20.5. The van der Waals surface area contributed by atoms with E-state index in [-0.39, 0.29) is 19.8 Å². The lowest BCUT2D eigenvalue weighted by molar-refractivity contribution is -0.137. The van der Waals surface area contributed by atoms with Crippen molar-refractivity contribution in [1.82, 2.24) is 10.6 Å². The lowest BCUT2D eigenvalue weighted by atomic mass is 9.91. The van der Waals surface area contributed by atoms with Gasteiger partial charge in [-0.05, 0) is 26.4 Å². The van der Waals surface area contributed by atoms with Crippen molar-refractivity contribution in [3.63, 3.8) is 0 Å². The lowest BCUT2D eigenvalue weighted by Gasteiger charge is -2.33. The summed E-state index contributed by atoms with van der Waals surface area (Å²) in [6.07, 6.45) is 2.03. The van der Waals surface area contributed by atoms with Crippen LogP contribution in [0.5, 0.6) is 0 Å². The van der Waals surface area contributed by atoms with Gasteiger partial charge in [0.25, 0.3) is 0 Å². The number of nitrogens with one attached hydrogen (secondary N) is 2. The van der Waals surface area contributed by atoms with Crippen molar-refractivity contribution in [2.45, 2.75) is 37.9 Å². The Morgan fingerprint density at radius 2 is 1.45 bits per heavy atom. The van der Waals surface area contributed by atoms with Gasteiger partial charge in [0.1, 0.15) is 12.2 Å². The van der Waals surface area contributed by atoms with Crippen molar-refractivity contribution in [3.8, 4) is 0 Å². The van der Waals surface area contributed by atoms with Gasteiger partial charge in [0.05, 0.1) is 51.7 Å². The zero-order valence-corrected chi connectivity index (χ0v) is 18.2. The molecule has 0 radical (unpaired) electrons. The monoisotopic (exact) mass is 456 g/mol. The number of rotatable bonds is 20. The Labute approximate surface area is 183 Å².